The van der Waals surface area contributed by atoms with Gasteiger partial charge in [0, 0.05) is 25.5 Å². The van der Waals surface area contributed by atoms with Gasteiger partial charge in [0.2, 0.25) is 0 Å². The van der Waals surface area contributed by atoms with Crippen molar-refractivity contribution in [1.29, 1.82) is 0 Å². The topological polar surface area (TPSA) is 37.3 Å². The first-order valence-electron chi connectivity index (χ1n) is 7.06. The highest BCUT2D eigenvalue weighted by Gasteiger charge is 2.15. The average Bonchev–Trinajstić information content (AvgIpc) is 3.19. The van der Waals surface area contributed by atoms with Crippen LogP contribution in [0.25, 0.3) is 5.69 Å². The van der Waals surface area contributed by atoms with Gasteiger partial charge in [-0.1, -0.05) is 0 Å². The van der Waals surface area contributed by atoms with E-state index in [1.807, 2.05) is 40.5 Å². The minimum absolute atomic E-state index is 0.0305. The summed E-state index contributed by atoms with van der Waals surface area (Å²) < 4.78 is 1.98. The predicted octanol–water partition coefficient (Wildman–Crippen LogP) is 2.36. The Labute approximate surface area is 123 Å². The van der Waals surface area contributed by atoms with E-state index in [-0.39, 0.29) is 5.91 Å². The Bertz CT molecular complexity index is 555. The summed E-state index contributed by atoms with van der Waals surface area (Å²) in [6.45, 7) is 4.02. The van der Waals surface area contributed by atoms with Crippen molar-refractivity contribution in [3.8, 4) is 5.69 Å². The highest BCUT2D eigenvalue weighted by atomic mass is 32.1. The molecule has 1 aliphatic heterocycles. The van der Waals surface area contributed by atoms with Crippen LogP contribution in [0.4, 0.5) is 0 Å². The first-order chi connectivity index (χ1) is 9.84. The van der Waals surface area contributed by atoms with Gasteiger partial charge in [0.1, 0.15) is 4.88 Å². The standard InChI is InChI=1S/C15H19N3OS/c19-15(16-6-11-17-7-1-2-8-17)14-13(5-12-20-14)18-9-3-4-10-18/h3-5,9-10,12H,1-2,6-8,11H2,(H,16,19). The van der Waals surface area contributed by atoms with Crippen LogP contribution < -0.4 is 5.32 Å². The van der Waals surface area contributed by atoms with Crippen LogP contribution >= 0.6 is 11.3 Å². The fourth-order valence-corrected chi connectivity index (χ4v) is 3.39. The van der Waals surface area contributed by atoms with E-state index in [2.05, 4.69) is 10.2 Å². The third-order valence-corrected chi connectivity index (χ3v) is 4.55. The van der Waals surface area contributed by atoms with Crippen molar-refractivity contribution in [2.24, 2.45) is 0 Å². The Balaban J connectivity index is 1.58. The molecule has 0 aromatic carbocycles. The van der Waals surface area contributed by atoms with Crippen LogP contribution in [0.5, 0.6) is 0 Å². The van der Waals surface area contributed by atoms with Gasteiger partial charge in [-0.05, 0) is 49.5 Å². The number of amides is 1. The third kappa shape index (κ3) is 2.94. The molecule has 2 aromatic rings. The van der Waals surface area contributed by atoms with Gasteiger partial charge >= 0.3 is 0 Å². The summed E-state index contributed by atoms with van der Waals surface area (Å²) in [6, 6.07) is 5.92. The zero-order valence-electron chi connectivity index (χ0n) is 11.4. The van der Waals surface area contributed by atoms with Crippen molar-refractivity contribution in [1.82, 2.24) is 14.8 Å². The van der Waals surface area contributed by atoms with Gasteiger partial charge in [-0.25, -0.2) is 0 Å². The molecule has 0 bridgehead atoms. The lowest BCUT2D eigenvalue weighted by Crippen LogP contribution is -2.33. The van der Waals surface area contributed by atoms with E-state index in [0.717, 1.165) is 23.7 Å². The van der Waals surface area contributed by atoms with E-state index in [1.165, 1.54) is 37.3 Å². The second kappa shape index (κ2) is 6.24. The SMILES string of the molecule is O=C(NCCN1CCCC1)c1sccc1-n1cccc1. The van der Waals surface area contributed by atoms with Crippen molar-refractivity contribution in [3.63, 3.8) is 0 Å². The van der Waals surface area contributed by atoms with Gasteiger partial charge in [-0.15, -0.1) is 11.3 Å². The molecule has 106 valence electrons. The maximum Gasteiger partial charge on any atom is 0.263 e. The van der Waals surface area contributed by atoms with Crippen LogP contribution in [-0.2, 0) is 0 Å². The molecule has 1 fully saturated rings. The van der Waals surface area contributed by atoms with Crippen molar-refractivity contribution in [2.75, 3.05) is 26.2 Å². The number of likely N-dealkylation sites (tertiary alicyclic amines) is 1. The largest absolute Gasteiger partial charge is 0.350 e. The second-order valence-corrected chi connectivity index (χ2v) is 5.95. The maximum absolute atomic E-state index is 12.3. The molecule has 3 heterocycles. The molecule has 1 N–H and O–H groups in total. The molecule has 2 aromatic heterocycles. The van der Waals surface area contributed by atoms with Crippen LogP contribution in [-0.4, -0.2) is 41.6 Å². The summed E-state index contributed by atoms with van der Waals surface area (Å²) in [5.74, 6) is 0.0305. The smallest absolute Gasteiger partial charge is 0.263 e. The average molecular weight is 289 g/mol. The Morgan fingerprint density at radius 3 is 2.75 bits per heavy atom. The van der Waals surface area contributed by atoms with Crippen LogP contribution in [0.3, 0.4) is 0 Å². The van der Waals surface area contributed by atoms with E-state index >= 15 is 0 Å². The quantitative estimate of drug-likeness (QED) is 0.917. The number of nitrogens with zero attached hydrogens (tertiary/aromatic N) is 2. The van der Waals surface area contributed by atoms with Crippen molar-refractivity contribution in [2.45, 2.75) is 12.8 Å². The van der Waals surface area contributed by atoms with Crippen molar-refractivity contribution < 1.29 is 4.79 Å². The highest BCUT2D eigenvalue weighted by molar-refractivity contribution is 7.12. The molecule has 20 heavy (non-hydrogen) atoms. The molecule has 1 saturated heterocycles. The van der Waals surface area contributed by atoms with Gasteiger partial charge in [0.15, 0.2) is 0 Å². The minimum Gasteiger partial charge on any atom is -0.350 e. The first-order valence-corrected chi connectivity index (χ1v) is 7.94. The number of aromatic nitrogens is 1. The Kier molecular flexibility index (Phi) is 4.18. The minimum atomic E-state index is 0.0305. The fourth-order valence-electron chi connectivity index (χ4n) is 2.58. The summed E-state index contributed by atoms with van der Waals surface area (Å²) in [4.78, 5) is 15.4. The summed E-state index contributed by atoms with van der Waals surface area (Å²) in [7, 11) is 0. The molecule has 0 atom stereocenters. The van der Waals surface area contributed by atoms with Crippen LogP contribution in [0.1, 0.15) is 22.5 Å². The summed E-state index contributed by atoms with van der Waals surface area (Å²) in [5, 5.41) is 4.99. The zero-order valence-corrected chi connectivity index (χ0v) is 12.2. The molecule has 0 aliphatic carbocycles. The Hall–Kier alpha value is -1.59. The molecule has 0 spiro atoms. The van der Waals surface area contributed by atoms with Gasteiger partial charge in [0.25, 0.3) is 5.91 Å². The lowest BCUT2D eigenvalue weighted by Gasteiger charge is -2.14. The Morgan fingerprint density at radius 1 is 1.25 bits per heavy atom. The van der Waals surface area contributed by atoms with Crippen molar-refractivity contribution >= 4 is 17.2 Å². The highest BCUT2D eigenvalue weighted by Crippen LogP contribution is 2.21. The lowest BCUT2D eigenvalue weighted by atomic mass is 10.3. The number of carbonyl (C=O) groups is 1. The van der Waals surface area contributed by atoms with Crippen LogP contribution in [0.15, 0.2) is 36.0 Å². The van der Waals surface area contributed by atoms with Gasteiger partial charge in [0.05, 0.1) is 5.69 Å². The number of hydrogen-bond acceptors (Lipinski definition) is 3. The van der Waals surface area contributed by atoms with Crippen molar-refractivity contribution in [3.05, 3.63) is 40.8 Å². The summed E-state index contributed by atoms with van der Waals surface area (Å²) >= 11 is 1.49. The molecule has 0 saturated carbocycles. The normalized spacial score (nSPS) is 15.6. The van der Waals surface area contributed by atoms with E-state index in [9.17, 15) is 4.79 Å². The molecule has 0 unspecified atom stereocenters. The zero-order chi connectivity index (χ0) is 13.8. The predicted molar refractivity (Wildman–Crippen MR) is 81.7 cm³/mol. The second-order valence-electron chi connectivity index (χ2n) is 5.03. The molecule has 0 radical (unpaired) electrons. The first kappa shape index (κ1) is 13.4. The molecule has 1 amide bonds. The van der Waals surface area contributed by atoms with E-state index in [0.29, 0.717) is 0 Å². The molecule has 5 heteroatoms. The summed E-state index contributed by atoms with van der Waals surface area (Å²) in [5.41, 5.74) is 0.957. The molecule has 3 rings (SSSR count). The van der Waals surface area contributed by atoms with Gasteiger partial charge < -0.3 is 14.8 Å². The molecular formula is C15H19N3OS. The monoisotopic (exact) mass is 289 g/mol. The number of nitrogens with one attached hydrogen (secondary N) is 1. The van der Waals surface area contributed by atoms with Crippen LogP contribution in [0.2, 0.25) is 0 Å². The van der Waals surface area contributed by atoms with Gasteiger partial charge in [-0.3, -0.25) is 4.79 Å². The number of carbonyl (C=O) groups excluding carboxylic acids is 1. The van der Waals surface area contributed by atoms with E-state index in [4.69, 9.17) is 0 Å². The van der Waals surface area contributed by atoms with E-state index < -0.39 is 0 Å². The number of rotatable bonds is 5. The lowest BCUT2D eigenvalue weighted by molar-refractivity contribution is 0.0954. The van der Waals surface area contributed by atoms with Crippen LogP contribution in [0, 0.1) is 0 Å². The third-order valence-electron chi connectivity index (χ3n) is 3.65. The fraction of sp³-hybridized carbons (Fsp3) is 0.400. The molecule has 1 aliphatic rings. The number of thiophene rings is 1. The molecular weight excluding hydrogens is 270 g/mol. The molecule has 4 nitrogen and oxygen atoms in total. The Morgan fingerprint density at radius 2 is 2.00 bits per heavy atom. The number of hydrogen-bond donors (Lipinski definition) is 1. The maximum atomic E-state index is 12.3. The summed E-state index contributed by atoms with van der Waals surface area (Å²) in [6.07, 6.45) is 6.50. The van der Waals surface area contributed by atoms with Gasteiger partial charge in [-0.2, -0.15) is 0 Å². The van der Waals surface area contributed by atoms with E-state index in [1.54, 1.807) is 0 Å².